The number of halogens is 4. The molecule has 4 N–H and O–H groups in total. The van der Waals surface area contributed by atoms with Gasteiger partial charge in [-0.05, 0) is 44.4 Å². The summed E-state index contributed by atoms with van der Waals surface area (Å²) in [4.78, 5) is 9.57. The minimum Gasteiger partial charge on any atom is -0.369 e. The van der Waals surface area contributed by atoms with Crippen LogP contribution in [0.1, 0.15) is 31.7 Å². The van der Waals surface area contributed by atoms with Gasteiger partial charge < -0.3 is 16.4 Å². The van der Waals surface area contributed by atoms with Crippen LogP contribution in [0.2, 0.25) is 0 Å². The molecule has 1 saturated heterocycles. The van der Waals surface area contributed by atoms with Gasteiger partial charge >= 0.3 is 6.18 Å². The predicted molar refractivity (Wildman–Crippen MR) is 84.3 cm³/mol. The van der Waals surface area contributed by atoms with Crippen molar-refractivity contribution in [2.24, 2.45) is 21.5 Å². The van der Waals surface area contributed by atoms with Gasteiger partial charge in [0.25, 0.3) is 0 Å². The van der Waals surface area contributed by atoms with E-state index in [1.165, 1.54) is 0 Å². The molecular weight excluding hydrogens is 326 g/mol. The SMILES string of the molecule is CC1CCCCN1/C(N)=N\C(N)=Nc1ccc(F)c(C(F)(F)F)c1. The smallest absolute Gasteiger partial charge is 0.369 e. The Morgan fingerprint density at radius 2 is 1.96 bits per heavy atom. The summed E-state index contributed by atoms with van der Waals surface area (Å²) in [6.07, 6.45) is -1.76. The van der Waals surface area contributed by atoms with Gasteiger partial charge in [0, 0.05) is 12.6 Å². The van der Waals surface area contributed by atoms with Gasteiger partial charge in [-0.2, -0.15) is 18.2 Å². The van der Waals surface area contributed by atoms with E-state index in [4.69, 9.17) is 11.5 Å². The lowest BCUT2D eigenvalue weighted by Crippen LogP contribution is -2.46. The van der Waals surface area contributed by atoms with Crippen molar-refractivity contribution in [1.82, 2.24) is 4.90 Å². The number of likely N-dealkylation sites (tertiary alicyclic amines) is 1. The van der Waals surface area contributed by atoms with Crippen molar-refractivity contribution < 1.29 is 17.6 Å². The van der Waals surface area contributed by atoms with Gasteiger partial charge in [0.1, 0.15) is 5.82 Å². The first kappa shape index (κ1) is 18.0. The molecule has 5 nitrogen and oxygen atoms in total. The van der Waals surface area contributed by atoms with Crippen molar-refractivity contribution >= 4 is 17.6 Å². The van der Waals surface area contributed by atoms with Crippen LogP contribution in [-0.4, -0.2) is 29.4 Å². The quantitative estimate of drug-likeness (QED) is 0.466. The molecule has 1 aromatic carbocycles. The molecule has 0 aliphatic carbocycles. The normalized spacial score (nSPS) is 20.4. The molecule has 132 valence electrons. The molecule has 0 amide bonds. The number of benzene rings is 1. The number of alkyl halides is 3. The molecule has 0 saturated carbocycles. The van der Waals surface area contributed by atoms with E-state index in [0.717, 1.165) is 31.9 Å². The molecule has 24 heavy (non-hydrogen) atoms. The lowest BCUT2D eigenvalue weighted by Gasteiger charge is -2.34. The third-order valence-corrected chi connectivity index (χ3v) is 3.83. The lowest BCUT2D eigenvalue weighted by atomic mass is 10.0. The molecule has 0 spiro atoms. The highest BCUT2D eigenvalue weighted by molar-refractivity contribution is 5.94. The van der Waals surface area contributed by atoms with Gasteiger partial charge in [-0.1, -0.05) is 0 Å². The maximum Gasteiger partial charge on any atom is 0.419 e. The zero-order valence-electron chi connectivity index (χ0n) is 13.1. The highest BCUT2D eigenvalue weighted by Gasteiger charge is 2.34. The summed E-state index contributed by atoms with van der Waals surface area (Å²) in [6, 6.07) is 2.57. The Morgan fingerprint density at radius 1 is 1.25 bits per heavy atom. The average Bonchev–Trinajstić information content (AvgIpc) is 2.48. The molecule has 2 rings (SSSR count). The summed E-state index contributed by atoms with van der Waals surface area (Å²) in [5.41, 5.74) is 9.98. The maximum absolute atomic E-state index is 13.2. The highest BCUT2D eigenvalue weighted by atomic mass is 19.4. The number of piperidine rings is 1. The van der Waals surface area contributed by atoms with E-state index < -0.39 is 17.6 Å². The monoisotopic (exact) mass is 345 g/mol. The second-order valence-corrected chi connectivity index (χ2v) is 5.64. The van der Waals surface area contributed by atoms with Crippen molar-refractivity contribution in [3.63, 3.8) is 0 Å². The Morgan fingerprint density at radius 3 is 2.58 bits per heavy atom. The number of rotatable bonds is 1. The second-order valence-electron chi connectivity index (χ2n) is 5.64. The Labute approximate surface area is 137 Å². The van der Waals surface area contributed by atoms with Crippen molar-refractivity contribution in [3.05, 3.63) is 29.6 Å². The minimum atomic E-state index is -4.81. The van der Waals surface area contributed by atoms with E-state index in [2.05, 4.69) is 9.98 Å². The molecule has 1 heterocycles. The van der Waals surface area contributed by atoms with E-state index in [1.54, 1.807) is 0 Å². The van der Waals surface area contributed by atoms with Gasteiger partial charge in [0.15, 0.2) is 5.96 Å². The van der Waals surface area contributed by atoms with Crippen molar-refractivity contribution in [2.75, 3.05) is 6.54 Å². The Bertz CT molecular complexity index is 654. The molecule has 1 fully saturated rings. The molecule has 1 aromatic rings. The Kier molecular flexibility index (Phi) is 5.30. The molecular formula is C15H19F4N5. The fourth-order valence-electron chi connectivity index (χ4n) is 2.58. The molecule has 1 unspecified atom stereocenters. The van der Waals surface area contributed by atoms with Gasteiger partial charge in [-0.15, -0.1) is 0 Å². The summed E-state index contributed by atoms with van der Waals surface area (Å²) in [6.45, 7) is 2.74. The van der Waals surface area contributed by atoms with Crippen molar-refractivity contribution in [2.45, 2.75) is 38.4 Å². The van der Waals surface area contributed by atoms with Crippen LogP contribution in [0.5, 0.6) is 0 Å². The average molecular weight is 345 g/mol. The van der Waals surface area contributed by atoms with E-state index in [0.29, 0.717) is 12.1 Å². The summed E-state index contributed by atoms with van der Waals surface area (Å²) >= 11 is 0. The predicted octanol–water partition coefficient (Wildman–Crippen LogP) is 2.98. The number of nitrogens with zero attached hydrogens (tertiary/aromatic N) is 3. The van der Waals surface area contributed by atoms with E-state index in [9.17, 15) is 17.6 Å². The van der Waals surface area contributed by atoms with Crippen LogP contribution < -0.4 is 11.5 Å². The lowest BCUT2D eigenvalue weighted by molar-refractivity contribution is -0.139. The van der Waals surface area contributed by atoms with Crippen LogP contribution in [0.15, 0.2) is 28.2 Å². The zero-order valence-corrected chi connectivity index (χ0v) is 13.1. The first-order valence-electron chi connectivity index (χ1n) is 7.50. The fraction of sp³-hybridized carbons (Fsp3) is 0.467. The third kappa shape index (κ3) is 4.36. The van der Waals surface area contributed by atoms with Crippen LogP contribution in [0.4, 0.5) is 23.2 Å². The molecule has 9 heteroatoms. The standard InChI is InChI=1S/C15H19F4N5/c1-9-4-2-3-7-24(9)14(21)23-13(20)22-10-5-6-12(16)11(8-10)15(17,18)19/h5-6,8-9H,2-4,7H2,1H3,(H4,20,21,22,23). The molecule has 0 bridgehead atoms. The first-order valence-corrected chi connectivity index (χ1v) is 7.50. The largest absolute Gasteiger partial charge is 0.419 e. The second kappa shape index (κ2) is 7.06. The number of nitrogens with two attached hydrogens (primary N) is 2. The van der Waals surface area contributed by atoms with Gasteiger partial charge in [0.2, 0.25) is 5.96 Å². The van der Waals surface area contributed by atoms with Crippen molar-refractivity contribution in [3.8, 4) is 0 Å². The number of hydrogen-bond donors (Lipinski definition) is 2. The van der Waals surface area contributed by atoms with E-state index >= 15 is 0 Å². The molecule has 1 atom stereocenters. The number of hydrogen-bond acceptors (Lipinski definition) is 1. The number of guanidine groups is 2. The Hall–Kier alpha value is -2.32. The molecule has 1 aliphatic heterocycles. The van der Waals surface area contributed by atoms with Crippen LogP contribution in [-0.2, 0) is 6.18 Å². The zero-order chi connectivity index (χ0) is 17.9. The van der Waals surface area contributed by atoms with Gasteiger partial charge in [0.05, 0.1) is 11.3 Å². The van der Waals surface area contributed by atoms with Gasteiger partial charge in [-0.3, -0.25) is 0 Å². The van der Waals surface area contributed by atoms with Crippen LogP contribution in [0, 0.1) is 5.82 Å². The third-order valence-electron chi connectivity index (χ3n) is 3.83. The molecule has 1 aliphatic rings. The topological polar surface area (TPSA) is 80.0 Å². The first-order chi connectivity index (χ1) is 11.2. The van der Waals surface area contributed by atoms with Crippen LogP contribution in [0.3, 0.4) is 0 Å². The van der Waals surface area contributed by atoms with Crippen LogP contribution in [0.25, 0.3) is 0 Å². The molecule has 0 aromatic heterocycles. The summed E-state index contributed by atoms with van der Waals surface area (Å²) in [7, 11) is 0. The summed E-state index contributed by atoms with van der Waals surface area (Å²) in [5, 5.41) is 0. The van der Waals surface area contributed by atoms with Crippen molar-refractivity contribution in [1.29, 1.82) is 0 Å². The number of aliphatic imine (C=N–C) groups is 2. The fourth-order valence-corrected chi connectivity index (χ4v) is 2.58. The summed E-state index contributed by atoms with van der Waals surface area (Å²) < 4.78 is 51.3. The highest BCUT2D eigenvalue weighted by Crippen LogP contribution is 2.33. The van der Waals surface area contributed by atoms with E-state index in [1.807, 2.05) is 11.8 Å². The maximum atomic E-state index is 13.2. The van der Waals surface area contributed by atoms with Gasteiger partial charge in [-0.25, -0.2) is 9.38 Å². The minimum absolute atomic E-state index is 0.149. The Balaban J connectivity index is 2.23. The molecule has 0 radical (unpaired) electrons. The van der Waals surface area contributed by atoms with Crippen LogP contribution >= 0.6 is 0 Å². The van der Waals surface area contributed by atoms with E-state index in [-0.39, 0.29) is 23.6 Å². The summed E-state index contributed by atoms with van der Waals surface area (Å²) in [5.74, 6) is -1.49.